The van der Waals surface area contributed by atoms with Crippen molar-refractivity contribution in [3.8, 4) is 0 Å². The first-order valence-corrected chi connectivity index (χ1v) is 7.14. The molecule has 116 valence electrons. The van der Waals surface area contributed by atoms with Gasteiger partial charge >= 0.3 is 0 Å². The molecule has 1 N–H and O–H groups in total. The summed E-state index contributed by atoms with van der Waals surface area (Å²) < 4.78 is 51.7. The van der Waals surface area contributed by atoms with Gasteiger partial charge in [-0.3, -0.25) is 4.79 Å². The Kier molecular flexibility index (Phi) is 5.31. The van der Waals surface area contributed by atoms with Crippen LogP contribution >= 0.6 is 23.4 Å². The third kappa shape index (κ3) is 3.92. The first-order chi connectivity index (χ1) is 10.4. The van der Waals surface area contributed by atoms with Crippen molar-refractivity contribution in [3.63, 3.8) is 0 Å². The Balaban J connectivity index is 2.32. The van der Waals surface area contributed by atoms with Crippen molar-refractivity contribution in [2.75, 3.05) is 5.32 Å². The lowest BCUT2D eigenvalue weighted by Crippen LogP contribution is -2.15. The number of halogens is 5. The van der Waals surface area contributed by atoms with Crippen molar-refractivity contribution in [1.82, 2.24) is 0 Å². The van der Waals surface area contributed by atoms with Gasteiger partial charge in [0.1, 0.15) is 11.6 Å². The van der Waals surface area contributed by atoms with E-state index in [0.29, 0.717) is 0 Å². The lowest BCUT2D eigenvalue weighted by Gasteiger charge is -2.12. The minimum Gasteiger partial charge on any atom is -0.321 e. The van der Waals surface area contributed by atoms with Crippen LogP contribution in [0, 0.1) is 11.6 Å². The number of rotatable bonds is 4. The second-order valence-corrected chi connectivity index (χ2v) is 5.48. The summed E-state index contributed by atoms with van der Waals surface area (Å²) in [7, 11) is 0. The van der Waals surface area contributed by atoms with Crippen molar-refractivity contribution < 1.29 is 22.4 Å². The molecule has 0 spiro atoms. The highest BCUT2D eigenvalue weighted by molar-refractivity contribution is 7.99. The second-order valence-electron chi connectivity index (χ2n) is 4.07. The topological polar surface area (TPSA) is 29.1 Å². The number of thioether (sulfide) groups is 1. The summed E-state index contributed by atoms with van der Waals surface area (Å²) in [6.45, 7) is 0. The van der Waals surface area contributed by atoms with E-state index in [9.17, 15) is 22.4 Å². The molecular weight excluding hydrogens is 342 g/mol. The monoisotopic (exact) mass is 349 g/mol. The number of anilines is 1. The summed E-state index contributed by atoms with van der Waals surface area (Å²) >= 11 is 5.97. The molecule has 0 atom stereocenters. The number of nitrogens with one attached hydrogen (secondary N) is 1. The predicted octanol–water partition coefficient (Wildman–Crippen LogP) is 5.19. The lowest BCUT2D eigenvalue weighted by atomic mass is 10.2. The van der Waals surface area contributed by atoms with Crippen molar-refractivity contribution >= 4 is 35.0 Å². The van der Waals surface area contributed by atoms with Crippen molar-refractivity contribution in [1.29, 1.82) is 0 Å². The molecule has 0 bridgehead atoms. The first-order valence-electron chi connectivity index (χ1n) is 5.88. The van der Waals surface area contributed by atoms with Gasteiger partial charge in [0.2, 0.25) is 0 Å². The summed E-state index contributed by atoms with van der Waals surface area (Å²) in [5, 5.41) is 2.27. The Morgan fingerprint density at radius 1 is 1.18 bits per heavy atom. The van der Waals surface area contributed by atoms with Crippen LogP contribution in [0.15, 0.2) is 41.3 Å². The molecule has 2 aromatic rings. The number of hydrogen-bond donors (Lipinski definition) is 1. The van der Waals surface area contributed by atoms with E-state index in [1.54, 1.807) is 0 Å². The summed E-state index contributed by atoms with van der Waals surface area (Å²) in [4.78, 5) is 11.9. The molecule has 0 heterocycles. The molecule has 8 heteroatoms. The predicted molar refractivity (Wildman–Crippen MR) is 77.6 cm³/mol. The van der Waals surface area contributed by atoms with Gasteiger partial charge in [-0.15, -0.1) is 0 Å². The molecule has 2 aromatic carbocycles. The number of alkyl halides is 2. The maximum Gasteiger partial charge on any atom is 0.289 e. The standard InChI is InChI=1S/C14H8ClF4NOS/c15-9-2-1-3-11(12(9)22-14(18)19)20-13(21)8-6-7(16)4-5-10(8)17/h1-6,14H,(H,20,21). The molecule has 0 saturated carbocycles. The molecule has 0 saturated heterocycles. The average molecular weight is 350 g/mol. The first kappa shape index (κ1) is 16.6. The minimum absolute atomic E-state index is 0.00791. The van der Waals surface area contributed by atoms with E-state index in [-0.39, 0.29) is 27.4 Å². The van der Waals surface area contributed by atoms with Crippen LogP contribution in [0.1, 0.15) is 10.4 Å². The normalized spacial score (nSPS) is 10.8. The van der Waals surface area contributed by atoms with Gasteiger partial charge in [-0.1, -0.05) is 29.4 Å². The van der Waals surface area contributed by atoms with Crippen LogP contribution in [-0.4, -0.2) is 11.7 Å². The third-order valence-corrected chi connectivity index (χ3v) is 3.88. The van der Waals surface area contributed by atoms with E-state index in [1.807, 2.05) is 0 Å². The SMILES string of the molecule is O=C(Nc1cccc(Cl)c1SC(F)F)c1cc(F)ccc1F. The van der Waals surface area contributed by atoms with Gasteiger partial charge < -0.3 is 5.32 Å². The minimum atomic E-state index is -2.75. The van der Waals surface area contributed by atoms with Crippen LogP contribution < -0.4 is 5.32 Å². The Morgan fingerprint density at radius 2 is 1.91 bits per heavy atom. The zero-order valence-corrected chi connectivity index (χ0v) is 12.3. The zero-order valence-electron chi connectivity index (χ0n) is 10.7. The number of carbonyl (C=O) groups excluding carboxylic acids is 1. The van der Waals surface area contributed by atoms with Crippen LogP contribution in [0.2, 0.25) is 5.02 Å². The van der Waals surface area contributed by atoms with Crippen LogP contribution in [0.4, 0.5) is 23.2 Å². The largest absolute Gasteiger partial charge is 0.321 e. The maximum absolute atomic E-state index is 13.5. The summed E-state index contributed by atoms with van der Waals surface area (Å²) in [6.07, 6.45) is 0. The molecule has 1 amide bonds. The van der Waals surface area contributed by atoms with E-state index >= 15 is 0 Å². The zero-order chi connectivity index (χ0) is 16.3. The molecule has 0 unspecified atom stereocenters. The molecular formula is C14H8ClF4NOS. The molecule has 2 nitrogen and oxygen atoms in total. The highest BCUT2D eigenvalue weighted by Crippen LogP contribution is 2.37. The lowest BCUT2D eigenvalue weighted by molar-refractivity contribution is 0.102. The molecule has 2 rings (SSSR count). The Labute approximate surface area is 132 Å². The number of hydrogen-bond acceptors (Lipinski definition) is 2. The molecule has 0 aliphatic carbocycles. The Hall–Kier alpha value is -1.73. The average Bonchev–Trinajstić information content (AvgIpc) is 2.45. The molecule has 0 fully saturated rings. The van der Waals surface area contributed by atoms with Gasteiger partial charge in [0.05, 0.1) is 21.2 Å². The van der Waals surface area contributed by atoms with E-state index in [4.69, 9.17) is 11.6 Å². The fourth-order valence-electron chi connectivity index (χ4n) is 1.68. The number of amides is 1. The highest BCUT2D eigenvalue weighted by Gasteiger charge is 2.18. The number of benzene rings is 2. The molecule has 0 radical (unpaired) electrons. The maximum atomic E-state index is 13.5. The summed E-state index contributed by atoms with van der Waals surface area (Å²) in [6, 6.07) is 6.54. The quantitative estimate of drug-likeness (QED) is 0.608. The van der Waals surface area contributed by atoms with E-state index in [0.717, 1.165) is 18.2 Å². The van der Waals surface area contributed by atoms with Gasteiger partial charge in [0.15, 0.2) is 0 Å². The Morgan fingerprint density at radius 3 is 2.59 bits per heavy atom. The fraction of sp³-hybridized carbons (Fsp3) is 0.0714. The van der Waals surface area contributed by atoms with E-state index in [1.165, 1.54) is 18.2 Å². The fourth-order valence-corrected chi connectivity index (χ4v) is 2.59. The van der Waals surface area contributed by atoms with Gasteiger partial charge in [-0.05, 0) is 30.3 Å². The second kappa shape index (κ2) is 7.02. The third-order valence-electron chi connectivity index (χ3n) is 2.60. The van der Waals surface area contributed by atoms with Crippen LogP contribution in [0.3, 0.4) is 0 Å². The smallest absolute Gasteiger partial charge is 0.289 e. The van der Waals surface area contributed by atoms with Gasteiger partial charge in [-0.25, -0.2) is 8.78 Å². The molecule has 0 aliphatic rings. The van der Waals surface area contributed by atoms with Gasteiger partial charge in [-0.2, -0.15) is 8.78 Å². The highest BCUT2D eigenvalue weighted by atomic mass is 35.5. The summed E-state index contributed by atoms with van der Waals surface area (Å²) in [5.41, 5.74) is -0.542. The molecule has 0 aliphatic heterocycles. The van der Waals surface area contributed by atoms with E-state index < -0.39 is 28.9 Å². The van der Waals surface area contributed by atoms with Crippen LogP contribution in [0.25, 0.3) is 0 Å². The van der Waals surface area contributed by atoms with Crippen molar-refractivity contribution in [2.45, 2.75) is 10.7 Å². The molecule has 0 aromatic heterocycles. The Bertz CT molecular complexity index is 711. The van der Waals surface area contributed by atoms with Gasteiger partial charge in [0.25, 0.3) is 11.7 Å². The van der Waals surface area contributed by atoms with Crippen molar-refractivity contribution in [3.05, 3.63) is 58.6 Å². The summed E-state index contributed by atoms with van der Waals surface area (Å²) in [5.74, 6) is -5.43. The van der Waals surface area contributed by atoms with Gasteiger partial charge in [0, 0.05) is 0 Å². The van der Waals surface area contributed by atoms with Crippen LogP contribution in [-0.2, 0) is 0 Å². The molecule has 22 heavy (non-hydrogen) atoms. The van der Waals surface area contributed by atoms with Crippen molar-refractivity contribution in [2.24, 2.45) is 0 Å². The number of carbonyl (C=O) groups is 1. The van der Waals surface area contributed by atoms with Crippen LogP contribution in [0.5, 0.6) is 0 Å². The van der Waals surface area contributed by atoms with E-state index in [2.05, 4.69) is 5.32 Å².